The van der Waals surface area contributed by atoms with Crippen LogP contribution in [0.2, 0.25) is 0 Å². The van der Waals surface area contributed by atoms with E-state index in [4.69, 9.17) is 9.47 Å². The zero-order chi connectivity index (χ0) is 20.1. The lowest BCUT2D eigenvalue weighted by atomic mass is 9.90. The Morgan fingerprint density at radius 2 is 1.82 bits per heavy atom. The van der Waals surface area contributed by atoms with Crippen LogP contribution in [0.3, 0.4) is 0 Å². The van der Waals surface area contributed by atoms with Crippen molar-refractivity contribution in [1.29, 1.82) is 0 Å². The highest BCUT2D eigenvalue weighted by atomic mass is 16.5. The van der Waals surface area contributed by atoms with E-state index in [2.05, 4.69) is 30.1 Å². The van der Waals surface area contributed by atoms with E-state index in [0.29, 0.717) is 18.4 Å². The fraction of sp³-hybridized carbons (Fsp3) is 0.696. The molecule has 1 aliphatic carbocycles. The second-order valence-corrected chi connectivity index (χ2v) is 8.63. The Morgan fingerprint density at radius 3 is 2.43 bits per heavy atom. The van der Waals surface area contributed by atoms with Crippen molar-refractivity contribution in [3.8, 4) is 11.5 Å². The van der Waals surface area contributed by atoms with Gasteiger partial charge in [0.1, 0.15) is 0 Å². The molecule has 2 fully saturated rings. The maximum atomic E-state index is 12.7. The van der Waals surface area contributed by atoms with Crippen LogP contribution >= 0.6 is 0 Å². The van der Waals surface area contributed by atoms with E-state index in [1.165, 1.54) is 31.2 Å². The molecule has 5 heteroatoms. The molecule has 28 heavy (non-hydrogen) atoms. The molecule has 1 N–H and O–H groups in total. The molecular weight excluding hydrogens is 352 g/mol. The number of piperidine rings is 1. The highest BCUT2D eigenvalue weighted by Crippen LogP contribution is 2.46. The van der Waals surface area contributed by atoms with Crippen LogP contribution in [0.5, 0.6) is 11.5 Å². The monoisotopic (exact) mass is 388 g/mol. The van der Waals surface area contributed by atoms with Gasteiger partial charge in [-0.25, -0.2) is 0 Å². The van der Waals surface area contributed by atoms with E-state index in [0.717, 1.165) is 37.1 Å². The van der Waals surface area contributed by atoms with Crippen LogP contribution in [-0.4, -0.2) is 50.7 Å². The van der Waals surface area contributed by atoms with E-state index in [-0.39, 0.29) is 11.8 Å². The molecule has 1 aromatic rings. The van der Waals surface area contributed by atoms with Crippen molar-refractivity contribution in [2.75, 3.05) is 33.9 Å². The van der Waals surface area contributed by atoms with Gasteiger partial charge in [-0.05, 0) is 81.1 Å². The average molecular weight is 389 g/mol. The zero-order valence-electron chi connectivity index (χ0n) is 17.9. The topological polar surface area (TPSA) is 50.8 Å². The van der Waals surface area contributed by atoms with Crippen LogP contribution < -0.4 is 14.8 Å². The fourth-order valence-electron chi connectivity index (χ4n) is 4.27. The quantitative estimate of drug-likeness (QED) is 0.699. The number of nitrogens with zero attached hydrogens (tertiary/aromatic N) is 1. The van der Waals surface area contributed by atoms with E-state index >= 15 is 0 Å². The lowest BCUT2D eigenvalue weighted by molar-refractivity contribution is -0.121. The van der Waals surface area contributed by atoms with Crippen molar-refractivity contribution in [2.24, 2.45) is 11.8 Å². The maximum absolute atomic E-state index is 12.7. The van der Waals surface area contributed by atoms with E-state index < -0.39 is 0 Å². The Labute approximate surface area is 169 Å². The van der Waals surface area contributed by atoms with Crippen LogP contribution in [0.25, 0.3) is 0 Å². The largest absolute Gasteiger partial charge is 0.493 e. The molecular formula is C23H36N2O3. The summed E-state index contributed by atoms with van der Waals surface area (Å²) in [5.74, 6) is 3.31. The normalized spacial score (nSPS) is 20.4. The van der Waals surface area contributed by atoms with Crippen LogP contribution in [0.1, 0.15) is 57.4 Å². The first-order valence-corrected chi connectivity index (χ1v) is 10.7. The Balaban J connectivity index is 1.55. The van der Waals surface area contributed by atoms with Gasteiger partial charge >= 0.3 is 0 Å². The Hall–Kier alpha value is -1.75. The second-order valence-electron chi connectivity index (χ2n) is 8.63. The van der Waals surface area contributed by atoms with Gasteiger partial charge < -0.3 is 14.8 Å². The number of hydrogen-bond donors (Lipinski definition) is 1. The summed E-state index contributed by atoms with van der Waals surface area (Å²) in [4.78, 5) is 15.2. The number of amides is 1. The second kappa shape index (κ2) is 9.64. The molecule has 1 amide bonds. The van der Waals surface area contributed by atoms with E-state index in [1.54, 1.807) is 14.2 Å². The minimum atomic E-state index is 0.156. The summed E-state index contributed by atoms with van der Waals surface area (Å²) in [5.41, 5.74) is 1.17. The number of methoxy groups -OCH3 is 2. The molecule has 1 heterocycles. The summed E-state index contributed by atoms with van der Waals surface area (Å²) in [5, 5.41) is 3.19. The number of ether oxygens (including phenoxy) is 2. The Bertz CT molecular complexity index is 651. The van der Waals surface area contributed by atoms with Crippen LogP contribution in [-0.2, 0) is 4.79 Å². The van der Waals surface area contributed by atoms with Gasteiger partial charge in [0.25, 0.3) is 0 Å². The molecule has 1 aromatic carbocycles. The predicted molar refractivity (Wildman–Crippen MR) is 112 cm³/mol. The van der Waals surface area contributed by atoms with E-state index in [9.17, 15) is 4.79 Å². The molecule has 0 aromatic heterocycles. The maximum Gasteiger partial charge on any atom is 0.220 e. The number of carbonyl (C=O) groups is 1. The van der Waals surface area contributed by atoms with Crippen molar-refractivity contribution in [3.05, 3.63) is 23.8 Å². The number of likely N-dealkylation sites (tertiary alicyclic amines) is 1. The van der Waals surface area contributed by atoms with Crippen molar-refractivity contribution in [3.63, 3.8) is 0 Å². The zero-order valence-corrected chi connectivity index (χ0v) is 17.9. The van der Waals surface area contributed by atoms with Crippen LogP contribution in [0.15, 0.2) is 18.2 Å². The highest BCUT2D eigenvalue weighted by molar-refractivity contribution is 5.77. The summed E-state index contributed by atoms with van der Waals surface area (Å²) in [6.07, 6.45) is 5.48. The summed E-state index contributed by atoms with van der Waals surface area (Å²) >= 11 is 0. The van der Waals surface area contributed by atoms with Crippen molar-refractivity contribution < 1.29 is 14.3 Å². The Kier molecular flexibility index (Phi) is 7.22. The van der Waals surface area contributed by atoms with Gasteiger partial charge in [-0.1, -0.05) is 13.0 Å². The van der Waals surface area contributed by atoms with Crippen molar-refractivity contribution in [2.45, 2.75) is 57.9 Å². The van der Waals surface area contributed by atoms with Gasteiger partial charge in [0.2, 0.25) is 5.91 Å². The molecule has 2 atom stereocenters. The Morgan fingerprint density at radius 1 is 1.14 bits per heavy atom. The molecule has 5 nitrogen and oxygen atoms in total. The molecule has 2 unspecified atom stereocenters. The van der Waals surface area contributed by atoms with Crippen LogP contribution in [0.4, 0.5) is 0 Å². The highest BCUT2D eigenvalue weighted by Gasteiger charge is 2.34. The molecule has 0 bridgehead atoms. The number of nitrogens with one attached hydrogen (secondary N) is 1. The van der Waals surface area contributed by atoms with Gasteiger partial charge in [0.05, 0.1) is 14.2 Å². The minimum Gasteiger partial charge on any atom is -0.493 e. The number of rotatable bonds is 9. The predicted octanol–water partition coefficient (Wildman–Crippen LogP) is 3.82. The van der Waals surface area contributed by atoms with Crippen LogP contribution in [0, 0.1) is 11.8 Å². The standard InChI is InChI=1S/C23H36N2O3/c1-16-9-11-25(12-10-16)17(2)15-24-23(26)14-20(18-5-6-18)19-7-8-21(27-3)22(13-19)28-4/h7-8,13,16-18,20H,5-6,9-12,14-15H2,1-4H3,(H,24,26). The molecule has 1 saturated heterocycles. The number of hydrogen-bond acceptors (Lipinski definition) is 4. The van der Waals surface area contributed by atoms with Crippen molar-refractivity contribution in [1.82, 2.24) is 10.2 Å². The third kappa shape index (κ3) is 5.40. The first kappa shape index (κ1) is 21.0. The van der Waals surface area contributed by atoms with Gasteiger partial charge in [-0.3, -0.25) is 9.69 Å². The molecule has 1 aliphatic heterocycles. The fourth-order valence-corrected chi connectivity index (χ4v) is 4.27. The molecule has 156 valence electrons. The third-order valence-electron chi connectivity index (χ3n) is 6.47. The SMILES string of the molecule is COc1ccc(C(CC(=O)NCC(C)N2CCC(C)CC2)C2CC2)cc1OC. The van der Waals surface area contributed by atoms with Gasteiger partial charge in [-0.15, -0.1) is 0 Å². The summed E-state index contributed by atoms with van der Waals surface area (Å²) < 4.78 is 10.8. The summed E-state index contributed by atoms with van der Waals surface area (Å²) in [6.45, 7) is 7.58. The van der Waals surface area contributed by atoms with Crippen molar-refractivity contribution >= 4 is 5.91 Å². The molecule has 2 aliphatic rings. The van der Waals surface area contributed by atoms with Gasteiger partial charge in [-0.2, -0.15) is 0 Å². The lowest BCUT2D eigenvalue weighted by Crippen LogP contribution is -2.45. The lowest BCUT2D eigenvalue weighted by Gasteiger charge is -2.35. The smallest absolute Gasteiger partial charge is 0.220 e. The number of benzene rings is 1. The molecule has 0 spiro atoms. The third-order valence-corrected chi connectivity index (χ3v) is 6.47. The summed E-state index contributed by atoms with van der Waals surface area (Å²) in [7, 11) is 3.30. The van der Waals surface area contributed by atoms with Gasteiger partial charge in [0, 0.05) is 19.0 Å². The first-order chi connectivity index (χ1) is 13.5. The number of carbonyl (C=O) groups excluding carboxylic acids is 1. The van der Waals surface area contributed by atoms with E-state index in [1.807, 2.05) is 12.1 Å². The molecule has 1 saturated carbocycles. The molecule has 0 radical (unpaired) electrons. The first-order valence-electron chi connectivity index (χ1n) is 10.7. The summed E-state index contributed by atoms with van der Waals surface area (Å²) in [6, 6.07) is 6.46. The molecule has 3 rings (SSSR count). The van der Waals surface area contributed by atoms with Gasteiger partial charge in [0.15, 0.2) is 11.5 Å². The average Bonchev–Trinajstić information content (AvgIpc) is 3.55. The minimum absolute atomic E-state index is 0.156.